The highest BCUT2D eigenvalue weighted by Gasteiger charge is 2.22. The van der Waals surface area contributed by atoms with Gasteiger partial charge in [-0.2, -0.15) is 4.52 Å². The van der Waals surface area contributed by atoms with Gasteiger partial charge in [-0.15, -0.1) is 0 Å². The predicted octanol–water partition coefficient (Wildman–Crippen LogP) is 3.40. The number of nitrogens with zero attached hydrogens (tertiary/aromatic N) is 3. The van der Waals surface area contributed by atoms with Crippen LogP contribution >= 0.6 is 0 Å². The van der Waals surface area contributed by atoms with E-state index in [1.807, 2.05) is 30.3 Å². The minimum atomic E-state index is -0.341. The molecular weight excluding hydrogens is 370 g/mol. The average Bonchev–Trinajstić information content (AvgIpc) is 3.29. The monoisotopic (exact) mass is 387 g/mol. The molecule has 0 saturated carbocycles. The topological polar surface area (TPSA) is 111 Å². The molecule has 8 nitrogen and oxygen atoms in total. The molecule has 0 saturated heterocycles. The van der Waals surface area contributed by atoms with E-state index in [-0.39, 0.29) is 17.0 Å². The van der Waals surface area contributed by atoms with Crippen molar-refractivity contribution in [1.82, 2.24) is 19.6 Å². The van der Waals surface area contributed by atoms with Gasteiger partial charge in [0.15, 0.2) is 16.7 Å². The lowest BCUT2D eigenvalue weighted by atomic mass is 10.1. The molecule has 0 aliphatic carbocycles. The molecule has 0 atom stereocenters. The van der Waals surface area contributed by atoms with Gasteiger partial charge in [0.1, 0.15) is 17.1 Å². The van der Waals surface area contributed by atoms with Crippen molar-refractivity contribution in [2.75, 3.05) is 12.8 Å². The van der Waals surface area contributed by atoms with Crippen molar-refractivity contribution < 1.29 is 9.15 Å². The number of rotatable bonds is 3. The van der Waals surface area contributed by atoms with Crippen LogP contribution in [0.1, 0.15) is 5.69 Å². The van der Waals surface area contributed by atoms with E-state index in [9.17, 15) is 4.79 Å². The van der Waals surface area contributed by atoms with Crippen LogP contribution in [-0.2, 0) is 0 Å². The van der Waals surface area contributed by atoms with E-state index >= 15 is 0 Å². The van der Waals surface area contributed by atoms with E-state index in [4.69, 9.17) is 14.9 Å². The Morgan fingerprint density at radius 3 is 2.62 bits per heavy atom. The number of aromatic nitrogens is 4. The van der Waals surface area contributed by atoms with Gasteiger partial charge >= 0.3 is 0 Å². The van der Waals surface area contributed by atoms with Gasteiger partial charge in [-0.3, -0.25) is 9.89 Å². The maximum Gasteiger partial charge on any atom is 0.285 e. The molecule has 5 rings (SSSR count). The number of nitrogens with two attached hydrogens (primary N) is 1. The van der Waals surface area contributed by atoms with Gasteiger partial charge in [-0.1, -0.05) is 36.4 Å². The van der Waals surface area contributed by atoms with Crippen LogP contribution in [0.2, 0.25) is 0 Å². The lowest BCUT2D eigenvalue weighted by molar-refractivity contribution is 0.419. The number of ether oxygens (including phenoxy) is 1. The Morgan fingerprint density at radius 1 is 1.07 bits per heavy atom. The fourth-order valence-electron chi connectivity index (χ4n) is 3.53. The summed E-state index contributed by atoms with van der Waals surface area (Å²) < 4.78 is 12.5. The highest BCUT2D eigenvalue weighted by molar-refractivity contribution is 5.87. The van der Waals surface area contributed by atoms with Gasteiger partial charge < -0.3 is 14.9 Å². The second kappa shape index (κ2) is 6.23. The van der Waals surface area contributed by atoms with Gasteiger partial charge in [0.05, 0.1) is 18.4 Å². The summed E-state index contributed by atoms with van der Waals surface area (Å²) in [7, 11) is 1.56. The fraction of sp³-hybridized carbons (Fsp3) is 0.0952. The third kappa shape index (κ3) is 2.49. The second-order valence-electron chi connectivity index (χ2n) is 6.63. The van der Waals surface area contributed by atoms with Crippen LogP contribution in [0.25, 0.3) is 39.3 Å². The van der Waals surface area contributed by atoms with Crippen LogP contribution in [0.15, 0.2) is 57.7 Å². The standard InChI is InChI=1S/C21H17N5O3/c1-11-15(20-24-17-13(28-2)9-6-10-14(17)29-20)21(27)26-19(23-11)16(18(22)25-26)12-7-4-3-5-8-12/h3-10,25H,22H2,1-2H3. The zero-order valence-electron chi connectivity index (χ0n) is 15.8. The number of benzene rings is 2. The van der Waals surface area contributed by atoms with E-state index in [0.717, 1.165) is 5.56 Å². The van der Waals surface area contributed by atoms with Gasteiger partial charge in [0.25, 0.3) is 5.56 Å². The molecule has 8 heteroatoms. The van der Waals surface area contributed by atoms with Crippen molar-refractivity contribution in [3.63, 3.8) is 0 Å². The molecule has 0 bridgehead atoms. The molecule has 0 aliphatic heterocycles. The molecule has 5 aromatic rings. The lowest BCUT2D eigenvalue weighted by Gasteiger charge is -2.03. The first-order valence-corrected chi connectivity index (χ1v) is 8.98. The molecule has 3 N–H and O–H groups in total. The summed E-state index contributed by atoms with van der Waals surface area (Å²) in [6.45, 7) is 1.75. The van der Waals surface area contributed by atoms with Crippen LogP contribution in [0.5, 0.6) is 5.75 Å². The summed E-state index contributed by atoms with van der Waals surface area (Å²) in [5.74, 6) is 1.11. The Hall–Kier alpha value is -4.07. The van der Waals surface area contributed by atoms with Crippen LogP contribution < -0.4 is 16.0 Å². The second-order valence-corrected chi connectivity index (χ2v) is 6.63. The summed E-state index contributed by atoms with van der Waals surface area (Å²) in [5, 5.41) is 2.91. The number of aromatic amines is 1. The average molecular weight is 387 g/mol. The molecule has 2 aromatic carbocycles. The molecule has 144 valence electrons. The number of fused-ring (bicyclic) bond motifs is 2. The number of nitrogens with one attached hydrogen (secondary N) is 1. The zero-order valence-corrected chi connectivity index (χ0v) is 15.8. The van der Waals surface area contributed by atoms with E-state index in [0.29, 0.717) is 39.6 Å². The summed E-state index contributed by atoms with van der Waals surface area (Å²) in [6, 6.07) is 14.9. The first kappa shape index (κ1) is 17.1. The molecule has 29 heavy (non-hydrogen) atoms. The molecule has 0 fully saturated rings. The number of methoxy groups -OCH3 is 1. The van der Waals surface area contributed by atoms with Crippen molar-refractivity contribution in [3.05, 3.63) is 64.6 Å². The summed E-state index contributed by atoms with van der Waals surface area (Å²) >= 11 is 0. The van der Waals surface area contributed by atoms with Gasteiger partial charge in [0.2, 0.25) is 5.89 Å². The highest BCUT2D eigenvalue weighted by Crippen LogP contribution is 2.32. The number of oxazole rings is 1. The fourth-order valence-corrected chi connectivity index (χ4v) is 3.53. The molecule has 0 aliphatic rings. The highest BCUT2D eigenvalue weighted by atomic mass is 16.5. The van der Waals surface area contributed by atoms with Crippen LogP contribution in [-0.4, -0.2) is 26.7 Å². The normalized spacial score (nSPS) is 11.4. The third-order valence-corrected chi connectivity index (χ3v) is 4.87. The number of anilines is 1. The molecule has 0 radical (unpaired) electrons. The maximum absolute atomic E-state index is 13.3. The van der Waals surface area contributed by atoms with Crippen molar-refractivity contribution in [2.24, 2.45) is 0 Å². The van der Waals surface area contributed by atoms with Gasteiger partial charge in [-0.05, 0) is 24.6 Å². The summed E-state index contributed by atoms with van der Waals surface area (Å²) in [4.78, 5) is 22.4. The number of H-pyrrole nitrogens is 1. The molecular formula is C21H17N5O3. The molecule has 3 heterocycles. The Balaban J connectivity index is 1.78. The molecule has 0 amide bonds. The molecule has 0 unspecified atom stereocenters. The van der Waals surface area contributed by atoms with Crippen molar-refractivity contribution in [1.29, 1.82) is 0 Å². The Bertz CT molecular complexity index is 1430. The van der Waals surface area contributed by atoms with E-state index in [2.05, 4.69) is 15.1 Å². The maximum atomic E-state index is 13.3. The number of hydrogen-bond acceptors (Lipinski definition) is 6. The number of aryl methyl sites for hydroxylation is 1. The summed E-state index contributed by atoms with van der Waals surface area (Å²) in [6.07, 6.45) is 0. The van der Waals surface area contributed by atoms with Crippen molar-refractivity contribution in [2.45, 2.75) is 6.92 Å². The predicted molar refractivity (Wildman–Crippen MR) is 110 cm³/mol. The smallest absolute Gasteiger partial charge is 0.285 e. The van der Waals surface area contributed by atoms with Gasteiger partial charge in [-0.25, -0.2) is 9.97 Å². The van der Waals surface area contributed by atoms with E-state index in [1.54, 1.807) is 32.2 Å². The molecule has 3 aromatic heterocycles. The van der Waals surface area contributed by atoms with Gasteiger partial charge in [0, 0.05) is 0 Å². The van der Waals surface area contributed by atoms with E-state index < -0.39 is 0 Å². The third-order valence-electron chi connectivity index (χ3n) is 4.87. The number of hydrogen-bond donors (Lipinski definition) is 2. The van der Waals surface area contributed by atoms with Crippen molar-refractivity contribution in [3.8, 4) is 28.3 Å². The van der Waals surface area contributed by atoms with Crippen molar-refractivity contribution >= 4 is 22.6 Å². The first-order valence-electron chi connectivity index (χ1n) is 8.98. The minimum Gasteiger partial charge on any atom is -0.494 e. The Morgan fingerprint density at radius 2 is 1.86 bits per heavy atom. The Kier molecular flexibility index (Phi) is 3.67. The van der Waals surface area contributed by atoms with Crippen LogP contribution in [0.3, 0.4) is 0 Å². The number of para-hydroxylation sites is 1. The van der Waals surface area contributed by atoms with Crippen LogP contribution in [0, 0.1) is 6.92 Å². The van der Waals surface area contributed by atoms with Crippen LogP contribution in [0.4, 0.5) is 5.82 Å². The quantitative estimate of drug-likeness (QED) is 0.491. The zero-order chi connectivity index (χ0) is 20.1. The SMILES string of the molecule is COc1cccc2oc(-c3c(C)nc4c(-c5ccccc5)c(N)[nH]n4c3=O)nc12. The minimum absolute atomic E-state index is 0.184. The Labute approximate surface area is 164 Å². The largest absolute Gasteiger partial charge is 0.494 e. The molecule has 0 spiro atoms. The number of nitrogen functional groups attached to an aromatic ring is 1. The first-order chi connectivity index (χ1) is 14.1. The lowest BCUT2D eigenvalue weighted by Crippen LogP contribution is -2.19. The van der Waals surface area contributed by atoms with E-state index in [1.165, 1.54) is 4.52 Å². The summed E-state index contributed by atoms with van der Waals surface area (Å²) in [5.41, 5.74) is 9.68.